The van der Waals surface area contributed by atoms with Crippen LogP contribution in [-0.4, -0.2) is 19.6 Å². The number of amides is 1. The minimum absolute atomic E-state index is 0.0817. The van der Waals surface area contributed by atoms with E-state index in [9.17, 15) is 13.2 Å². The lowest BCUT2D eigenvalue weighted by Crippen LogP contribution is -2.25. The quantitative estimate of drug-likeness (QED) is 0.894. The predicted octanol–water partition coefficient (Wildman–Crippen LogP) is 3.16. The molecule has 1 aliphatic carbocycles. The molecule has 1 fully saturated rings. The molecule has 5 nitrogen and oxygen atoms in total. The van der Waals surface area contributed by atoms with Crippen LogP contribution in [0.15, 0.2) is 60.7 Å². The Morgan fingerprint density at radius 3 is 1.88 bits per heavy atom. The number of nitrogens with two attached hydrogens (primary N) is 1. The molecule has 0 aromatic heterocycles. The Kier molecular flexibility index (Phi) is 6.52. The molecule has 2 aromatic carbocycles. The summed E-state index contributed by atoms with van der Waals surface area (Å²) in [5, 5.41) is 7.49. The number of carbonyl (C=O) groups excluding carboxylic acids is 1. The first-order valence-electron chi connectivity index (χ1n) is 7.90. The minimum Gasteiger partial charge on any atom is -0.322 e. The van der Waals surface area contributed by atoms with Crippen molar-refractivity contribution in [1.29, 1.82) is 0 Å². The van der Waals surface area contributed by atoms with Crippen molar-refractivity contribution < 1.29 is 13.2 Å². The fourth-order valence-electron chi connectivity index (χ4n) is 2.53. The van der Waals surface area contributed by atoms with Gasteiger partial charge >= 0.3 is 0 Å². The van der Waals surface area contributed by atoms with Crippen molar-refractivity contribution in [3.8, 4) is 0 Å². The second-order valence-electron chi connectivity index (χ2n) is 5.68. The van der Waals surface area contributed by atoms with Crippen LogP contribution in [-0.2, 0) is 10.0 Å². The molecule has 0 radical (unpaired) electrons. The van der Waals surface area contributed by atoms with Gasteiger partial charge in [0.15, 0.2) is 0 Å². The Hall–Kier alpha value is -2.18. The van der Waals surface area contributed by atoms with Gasteiger partial charge in [-0.1, -0.05) is 49.2 Å². The lowest BCUT2D eigenvalue weighted by atomic mass is 10.2. The number of primary sulfonamides is 1. The maximum atomic E-state index is 11.7. The number of sulfonamides is 1. The number of carbonyl (C=O) groups is 1. The summed E-state index contributed by atoms with van der Waals surface area (Å²) in [5.74, 6) is -0.0817. The molecule has 0 saturated heterocycles. The number of nitrogens with one attached hydrogen (secondary N) is 1. The van der Waals surface area contributed by atoms with Gasteiger partial charge in [0.05, 0.1) is 5.25 Å². The Morgan fingerprint density at radius 2 is 1.42 bits per heavy atom. The van der Waals surface area contributed by atoms with Crippen LogP contribution in [0.1, 0.15) is 36.0 Å². The Balaban J connectivity index is 0.000000198. The number of rotatable bonds is 3. The number of anilines is 1. The third kappa shape index (κ3) is 5.79. The summed E-state index contributed by atoms with van der Waals surface area (Å²) < 4.78 is 21.2. The highest BCUT2D eigenvalue weighted by Gasteiger charge is 2.24. The van der Waals surface area contributed by atoms with Gasteiger partial charge in [0.2, 0.25) is 10.0 Å². The van der Waals surface area contributed by atoms with E-state index in [1.54, 1.807) is 12.1 Å². The largest absolute Gasteiger partial charge is 0.322 e. The first-order chi connectivity index (χ1) is 11.5. The van der Waals surface area contributed by atoms with Crippen molar-refractivity contribution >= 4 is 21.6 Å². The molecule has 0 aliphatic heterocycles. The Morgan fingerprint density at radius 1 is 0.917 bits per heavy atom. The first kappa shape index (κ1) is 18.2. The summed E-state index contributed by atoms with van der Waals surface area (Å²) >= 11 is 0. The summed E-state index contributed by atoms with van der Waals surface area (Å²) in [4.78, 5) is 11.7. The standard InChI is InChI=1S/C13H11NO.C5H11NO2S/c15-13(11-7-3-1-4-8-11)14-12-9-5-2-6-10-12;6-9(7,8)5-3-1-2-4-5/h1-10H,(H,14,15);5H,1-4H2,(H2,6,7,8). The van der Waals surface area contributed by atoms with Crippen LogP contribution in [0, 0.1) is 0 Å². The summed E-state index contributed by atoms with van der Waals surface area (Å²) in [5.41, 5.74) is 1.48. The molecule has 1 aliphatic rings. The normalized spacial score (nSPS) is 14.5. The molecule has 0 atom stereocenters. The monoisotopic (exact) mass is 346 g/mol. The van der Waals surface area contributed by atoms with Gasteiger partial charge in [0.25, 0.3) is 5.91 Å². The smallest absolute Gasteiger partial charge is 0.255 e. The van der Waals surface area contributed by atoms with E-state index in [0.717, 1.165) is 31.4 Å². The molecule has 1 saturated carbocycles. The second kappa shape index (κ2) is 8.61. The number of hydrogen-bond donors (Lipinski definition) is 2. The summed E-state index contributed by atoms with van der Waals surface area (Å²) in [6.07, 6.45) is 3.56. The van der Waals surface area contributed by atoms with Gasteiger partial charge in [0, 0.05) is 11.3 Å². The van der Waals surface area contributed by atoms with E-state index in [2.05, 4.69) is 5.32 Å². The average Bonchev–Trinajstić information content (AvgIpc) is 3.12. The maximum Gasteiger partial charge on any atom is 0.255 e. The van der Waals surface area contributed by atoms with E-state index in [-0.39, 0.29) is 11.2 Å². The fraction of sp³-hybridized carbons (Fsp3) is 0.278. The molecular weight excluding hydrogens is 324 g/mol. The van der Waals surface area contributed by atoms with Crippen LogP contribution in [0.25, 0.3) is 0 Å². The van der Waals surface area contributed by atoms with Gasteiger partial charge < -0.3 is 5.32 Å². The number of hydrogen-bond acceptors (Lipinski definition) is 3. The van der Waals surface area contributed by atoms with Crippen molar-refractivity contribution in [2.24, 2.45) is 5.14 Å². The third-order valence-corrected chi connectivity index (χ3v) is 5.24. The zero-order valence-electron chi connectivity index (χ0n) is 13.4. The van der Waals surface area contributed by atoms with Crippen LogP contribution >= 0.6 is 0 Å². The van der Waals surface area contributed by atoms with Crippen LogP contribution in [0.3, 0.4) is 0 Å². The molecule has 0 bridgehead atoms. The number of benzene rings is 2. The fourth-order valence-corrected chi connectivity index (χ4v) is 3.52. The van der Waals surface area contributed by atoms with Crippen LogP contribution < -0.4 is 10.5 Å². The Bertz CT molecular complexity index is 740. The highest BCUT2D eigenvalue weighted by Crippen LogP contribution is 2.22. The van der Waals surface area contributed by atoms with Crippen molar-refractivity contribution in [2.45, 2.75) is 30.9 Å². The lowest BCUT2D eigenvalue weighted by Gasteiger charge is -2.03. The third-order valence-electron chi connectivity index (χ3n) is 3.83. The van der Waals surface area contributed by atoms with Gasteiger partial charge in [-0.15, -0.1) is 0 Å². The molecular formula is C18H22N2O3S. The van der Waals surface area contributed by atoms with E-state index in [1.165, 1.54) is 0 Å². The molecule has 0 unspecified atom stereocenters. The molecule has 2 aromatic rings. The van der Waals surface area contributed by atoms with E-state index < -0.39 is 10.0 Å². The predicted molar refractivity (Wildman–Crippen MR) is 96.2 cm³/mol. The zero-order chi connectivity index (χ0) is 17.4. The van der Waals surface area contributed by atoms with Gasteiger partial charge in [-0.3, -0.25) is 4.79 Å². The van der Waals surface area contributed by atoms with Crippen molar-refractivity contribution in [3.05, 3.63) is 66.2 Å². The summed E-state index contributed by atoms with van der Waals surface area (Å²) in [7, 11) is -3.20. The number of para-hydroxylation sites is 1. The summed E-state index contributed by atoms with van der Waals surface area (Å²) in [6, 6.07) is 18.6. The van der Waals surface area contributed by atoms with Crippen molar-refractivity contribution in [3.63, 3.8) is 0 Å². The van der Waals surface area contributed by atoms with E-state index >= 15 is 0 Å². The van der Waals surface area contributed by atoms with Crippen LogP contribution in [0.5, 0.6) is 0 Å². The highest BCUT2D eigenvalue weighted by atomic mass is 32.2. The Labute approximate surface area is 142 Å². The zero-order valence-corrected chi connectivity index (χ0v) is 14.2. The second-order valence-corrected chi connectivity index (χ2v) is 7.53. The topological polar surface area (TPSA) is 89.3 Å². The average molecular weight is 346 g/mol. The molecule has 0 spiro atoms. The molecule has 3 N–H and O–H groups in total. The van der Waals surface area contributed by atoms with Crippen LogP contribution in [0.2, 0.25) is 0 Å². The van der Waals surface area contributed by atoms with Crippen molar-refractivity contribution in [1.82, 2.24) is 0 Å². The SMILES string of the molecule is NS(=O)(=O)C1CCCC1.O=C(Nc1ccccc1)c1ccccc1. The highest BCUT2D eigenvalue weighted by molar-refractivity contribution is 7.89. The summed E-state index contributed by atoms with van der Waals surface area (Å²) in [6.45, 7) is 0. The van der Waals surface area contributed by atoms with Crippen molar-refractivity contribution in [2.75, 3.05) is 5.32 Å². The molecule has 6 heteroatoms. The van der Waals surface area contributed by atoms with Gasteiger partial charge in [-0.2, -0.15) is 0 Å². The van der Waals surface area contributed by atoms with Gasteiger partial charge in [0.1, 0.15) is 0 Å². The van der Waals surface area contributed by atoms with E-state index in [0.29, 0.717) is 5.56 Å². The van der Waals surface area contributed by atoms with Gasteiger partial charge in [-0.05, 0) is 37.1 Å². The molecule has 128 valence electrons. The van der Waals surface area contributed by atoms with Crippen LogP contribution in [0.4, 0.5) is 5.69 Å². The lowest BCUT2D eigenvalue weighted by molar-refractivity contribution is 0.102. The molecule has 0 heterocycles. The molecule has 24 heavy (non-hydrogen) atoms. The molecule has 1 amide bonds. The maximum absolute atomic E-state index is 11.7. The minimum atomic E-state index is -3.20. The van der Waals surface area contributed by atoms with E-state index in [4.69, 9.17) is 5.14 Å². The molecule has 3 rings (SSSR count). The first-order valence-corrected chi connectivity index (χ1v) is 9.51. The van der Waals surface area contributed by atoms with E-state index in [1.807, 2.05) is 48.5 Å². The van der Waals surface area contributed by atoms with Gasteiger partial charge in [-0.25, -0.2) is 13.6 Å².